The van der Waals surface area contributed by atoms with Crippen LogP contribution in [0.5, 0.6) is 0 Å². The van der Waals surface area contributed by atoms with E-state index in [0.29, 0.717) is 18.2 Å². The van der Waals surface area contributed by atoms with Crippen LogP contribution in [0.1, 0.15) is 18.1 Å². The zero-order chi connectivity index (χ0) is 12.3. The number of piperazine rings is 1. The Bertz CT molecular complexity index is 439. The van der Waals surface area contributed by atoms with Gasteiger partial charge in [-0.15, -0.1) is 0 Å². The van der Waals surface area contributed by atoms with Crippen LogP contribution in [0.25, 0.3) is 0 Å². The van der Waals surface area contributed by atoms with Gasteiger partial charge < -0.3 is 5.32 Å². The van der Waals surface area contributed by atoms with E-state index in [0.717, 1.165) is 19.6 Å². The highest BCUT2D eigenvalue weighted by molar-refractivity contribution is 5.34. The van der Waals surface area contributed by atoms with E-state index in [9.17, 15) is 4.39 Å². The first-order valence-electron chi connectivity index (χ1n) is 5.84. The van der Waals surface area contributed by atoms with Crippen molar-refractivity contribution in [1.82, 2.24) is 10.2 Å². The van der Waals surface area contributed by atoms with Gasteiger partial charge in [0, 0.05) is 37.8 Å². The van der Waals surface area contributed by atoms with Crippen molar-refractivity contribution in [2.45, 2.75) is 19.5 Å². The maximum Gasteiger partial charge on any atom is 0.145 e. The second-order valence-corrected chi connectivity index (χ2v) is 4.48. The van der Waals surface area contributed by atoms with Crippen molar-refractivity contribution < 1.29 is 4.39 Å². The number of nitrogens with zero attached hydrogens (tertiary/aromatic N) is 2. The molecule has 1 fully saturated rings. The fourth-order valence-electron chi connectivity index (χ4n) is 2.18. The number of benzene rings is 1. The van der Waals surface area contributed by atoms with Gasteiger partial charge in [0.1, 0.15) is 11.9 Å². The molecule has 1 atom stereocenters. The van der Waals surface area contributed by atoms with E-state index in [1.165, 1.54) is 6.07 Å². The molecule has 0 unspecified atom stereocenters. The summed E-state index contributed by atoms with van der Waals surface area (Å²) in [5, 5.41) is 12.1. The molecule has 3 nitrogen and oxygen atoms in total. The minimum atomic E-state index is -0.374. The number of hydrogen-bond donors (Lipinski definition) is 1. The lowest BCUT2D eigenvalue weighted by molar-refractivity contribution is 0.197. The molecule has 0 aromatic heterocycles. The molecule has 1 aromatic rings. The molecule has 0 spiro atoms. The summed E-state index contributed by atoms with van der Waals surface area (Å²) in [5.74, 6) is -0.374. The highest BCUT2D eigenvalue weighted by atomic mass is 19.1. The summed E-state index contributed by atoms with van der Waals surface area (Å²) in [6.45, 7) is 5.46. The molecule has 2 rings (SSSR count). The normalized spacial score (nSPS) is 21.1. The minimum Gasteiger partial charge on any atom is -0.312 e. The van der Waals surface area contributed by atoms with E-state index in [2.05, 4.69) is 17.1 Å². The van der Waals surface area contributed by atoms with E-state index in [-0.39, 0.29) is 11.4 Å². The van der Waals surface area contributed by atoms with Crippen LogP contribution < -0.4 is 5.32 Å². The molecule has 1 heterocycles. The Morgan fingerprint density at radius 2 is 2.41 bits per heavy atom. The largest absolute Gasteiger partial charge is 0.312 e. The maximum atomic E-state index is 13.9. The van der Waals surface area contributed by atoms with Crippen molar-refractivity contribution in [3.8, 4) is 6.07 Å². The third-order valence-electron chi connectivity index (χ3n) is 3.05. The molecule has 0 aliphatic carbocycles. The third kappa shape index (κ3) is 2.82. The van der Waals surface area contributed by atoms with Crippen LogP contribution in [0.4, 0.5) is 4.39 Å². The van der Waals surface area contributed by atoms with Crippen LogP contribution in [-0.2, 0) is 6.54 Å². The van der Waals surface area contributed by atoms with E-state index in [1.807, 2.05) is 6.07 Å². The van der Waals surface area contributed by atoms with Crippen LogP contribution >= 0.6 is 0 Å². The summed E-state index contributed by atoms with van der Waals surface area (Å²) in [7, 11) is 0. The second kappa shape index (κ2) is 5.26. The van der Waals surface area contributed by atoms with Crippen LogP contribution in [0, 0.1) is 17.1 Å². The average molecular weight is 233 g/mol. The summed E-state index contributed by atoms with van der Waals surface area (Å²) >= 11 is 0. The van der Waals surface area contributed by atoms with Gasteiger partial charge in [-0.2, -0.15) is 5.26 Å². The molecule has 0 bridgehead atoms. The van der Waals surface area contributed by atoms with Gasteiger partial charge in [-0.05, 0) is 13.0 Å². The highest BCUT2D eigenvalue weighted by Gasteiger charge is 2.17. The molecule has 4 heteroatoms. The van der Waals surface area contributed by atoms with Gasteiger partial charge in [-0.25, -0.2) is 4.39 Å². The predicted octanol–water partition coefficient (Wildman–Crippen LogP) is 1.49. The Hall–Kier alpha value is -1.44. The Labute approximate surface area is 101 Å². The van der Waals surface area contributed by atoms with E-state index in [4.69, 9.17) is 5.26 Å². The van der Waals surface area contributed by atoms with E-state index < -0.39 is 0 Å². The lowest BCUT2D eigenvalue weighted by Gasteiger charge is -2.31. The lowest BCUT2D eigenvalue weighted by atomic mass is 10.1. The first-order valence-corrected chi connectivity index (χ1v) is 5.84. The number of halogens is 1. The van der Waals surface area contributed by atoms with Gasteiger partial charge >= 0.3 is 0 Å². The van der Waals surface area contributed by atoms with Crippen LogP contribution in [0.3, 0.4) is 0 Å². The fourth-order valence-corrected chi connectivity index (χ4v) is 2.18. The summed E-state index contributed by atoms with van der Waals surface area (Å²) in [4.78, 5) is 2.21. The monoisotopic (exact) mass is 233 g/mol. The van der Waals surface area contributed by atoms with Crippen molar-refractivity contribution in [1.29, 1.82) is 5.26 Å². The van der Waals surface area contributed by atoms with Crippen molar-refractivity contribution in [3.05, 3.63) is 35.1 Å². The van der Waals surface area contributed by atoms with Crippen LogP contribution in [-0.4, -0.2) is 30.6 Å². The zero-order valence-electron chi connectivity index (χ0n) is 9.91. The molecule has 0 radical (unpaired) electrons. The minimum absolute atomic E-state index is 0.130. The molecule has 90 valence electrons. The zero-order valence-corrected chi connectivity index (χ0v) is 9.91. The molecule has 1 aromatic carbocycles. The molecular weight excluding hydrogens is 217 g/mol. The third-order valence-corrected chi connectivity index (χ3v) is 3.05. The summed E-state index contributed by atoms with van der Waals surface area (Å²) in [6.07, 6.45) is 0. The quantitative estimate of drug-likeness (QED) is 0.841. The molecule has 1 N–H and O–H groups in total. The maximum absolute atomic E-state index is 13.9. The van der Waals surface area contributed by atoms with E-state index in [1.54, 1.807) is 12.1 Å². The molecule has 1 aliphatic rings. The second-order valence-electron chi connectivity index (χ2n) is 4.48. The first-order chi connectivity index (χ1) is 8.20. The van der Waals surface area contributed by atoms with Crippen molar-refractivity contribution in [2.75, 3.05) is 19.6 Å². The Morgan fingerprint density at radius 1 is 1.59 bits per heavy atom. The summed E-state index contributed by atoms with van der Waals surface area (Å²) in [6, 6.07) is 7.32. The van der Waals surface area contributed by atoms with Crippen molar-refractivity contribution in [3.63, 3.8) is 0 Å². The van der Waals surface area contributed by atoms with Gasteiger partial charge in [0.15, 0.2) is 0 Å². The Balaban J connectivity index is 2.11. The number of rotatable bonds is 2. The van der Waals surface area contributed by atoms with Gasteiger partial charge in [0.05, 0.1) is 5.56 Å². The van der Waals surface area contributed by atoms with Crippen LogP contribution in [0.15, 0.2) is 18.2 Å². The summed E-state index contributed by atoms with van der Waals surface area (Å²) < 4.78 is 13.9. The van der Waals surface area contributed by atoms with Crippen molar-refractivity contribution in [2.24, 2.45) is 0 Å². The molecular formula is C13H16FN3. The Morgan fingerprint density at radius 3 is 3.12 bits per heavy atom. The van der Waals surface area contributed by atoms with E-state index >= 15 is 0 Å². The standard InChI is InChI=1S/C13H16FN3/c1-10-8-17(6-5-16-10)9-12-4-2-3-11(7-15)13(12)14/h2-4,10,16H,5-6,8-9H2,1H3/t10-/m1/s1. The Kier molecular flexibility index (Phi) is 3.72. The lowest BCUT2D eigenvalue weighted by Crippen LogP contribution is -2.48. The van der Waals surface area contributed by atoms with Gasteiger partial charge in [0.25, 0.3) is 0 Å². The topological polar surface area (TPSA) is 39.1 Å². The molecule has 17 heavy (non-hydrogen) atoms. The number of nitrogens with one attached hydrogen (secondary N) is 1. The first kappa shape index (κ1) is 12.0. The molecule has 1 aliphatic heterocycles. The van der Waals surface area contributed by atoms with Crippen molar-refractivity contribution >= 4 is 0 Å². The smallest absolute Gasteiger partial charge is 0.145 e. The molecule has 0 saturated carbocycles. The highest BCUT2D eigenvalue weighted by Crippen LogP contribution is 2.15. The predicted molar refractivity (Wildman–Crippen MR) is 63.9 cm³/mol. The fraction of sp³-hybridized carbons (Fsp3) is 0.462. The number of hydrogen-bond acceptors (Lipinski definition) is 3. The van der Waals surface area contributed by atoms with Gasteiger partial charge in [0.2, 0.25) is 0 Å². The molecule has 0 amide bonds. The van der Waals surface area contributed by atoms with Crippen LogP contribution in [0.2, 0.25) is 0 Å². The molecule has 1 saturated heterocycles. The van der Waals surface area contributed by atoms with Gasteiger partial charge in [-0.1, -0.05) is 12.1 Å². The number of nitriles is 1. The SMILES string of the molecule is C[C@@H]1CN(Cc2cccc(C#N)c2F)CCN1. The summed E-state index contributed by atoms with van der Waals surface area (Å²) in [5.41, 5.74) is 0.740. The van der Waals surface area contributed by atoms with Gasteiger partial charge in [-0.3, -0.25) is 4.90 Å². The average Bonchev–Trinajstić information content (AvgIpc) is 2.32.